The Morgan fingerprint density at radius 2 is 1.74 bits per heavy atom. The van der Waals surface area contributed by atoms with E-state index in [1.165, 1.54) is 0 Å². The zero-order valence-electron chi connectivity index (χ0n) is 18.5. The molecule has 1 saturated carbocycles. The van der Waals surface area contributed by atoms with Gasteiger partial charge < -0.3 is 9.47 Å². The third-order valence-electron chi connectivity index (χ3n) is 7.83. The maximum atomic E-state index is 10.5. The molecule has 6 heteroatoms. The summed E-state index contributed by atoms with van der Waals surface area (Å²) in [7, 11) is 0. The van der Waals surface area contributed by atoms with Gasteiger partial charge in [-0.25, -0.2) is 0 Å². The van der Waals surface area contributed by atoms with E-state index < -0.39 is 28.6 Å². The quantitative estimate of drug-likeness (QED) is 0.726. The second-order valence-electron chi connectivity index (χ2n) is 10.2. The van der Waals surface area contributed by atoms with Crippen molar-refractivity contribution in [1.29, 1.82) is 21.2 Å². The highest BCUT2D eigenvalue weighted by Crippen LogP contribution is 2.70. The van der Waals surface area contributed by atoms with Gasteiger partial charge in [-0.3, -0.25) is 5.41 Å². The molecule has 5 unspecified atom stereocenters. The van der Waals surface area contributed by atoms with Crippen LogP contribution in [0.3, 0.4) is 0 Å². The fourth-order valence-electron chi connectivity index (χ4n) is 5.85. The molecule has 0 radical (unpaired) electrons. The van der Waals surface area contributed by atoms with Crippen molar-refractivity contribution in [3.63, 3.8) is 0 Å². The van der Waals surface area contributed by atoms with Gasteiger partial charge in [-0.05, 0) is 41.7 Å². The zero-order valence-corrected chi connectivity index (χ0v) is 18.5. The van der Waals surface area contributed by atoms with Gasteiger partial charge in [0.2, 0.25) is 17.1 Å². The number of hydrogen-bond acceptors (Lipinski definition) is 6. The van der Waals surface area contributed by atoms with Crippen LogP contribution in [0.15, 0.2) is 24.3 Å². The van der Waals surface area contributed by atoms with Crippen LogP contribution in [-0.2, 0) is 15.9 Å². The van der Waals surface area contributed by atoms with Gasteiger partial charge in [0.25, 0.3) is 0 Å². The molecule has 0 amide bonds. The van der Waals surface area contributed by atoms with E-state index in [4.69, 9.17) is 14.9 Å². The van der Waals surface area contributed by atoms with Crippen molar-refractivity contribution in [3.05, 3.63) is 35.4 Å². The molecule has 2 heterocycles. The molecule has 0 aromatic heterocycles. The highest BCUT2D eigenvalue weighted by Gasteiger charge is 2.81. The lowest BCUT2D eigenvalue weighted by Crippen LogP contribution is -2.61. The zero-order chi connectivity index (χ0) is 22.7. The van der Waals surface area contributed by atoms with Gasteiger partial charge in [0.1, 0.15) is 6.10 Å². The lowest BCUT2D eigenvalue weighted by molar-refractivity contribution is -0.301. The van der Waals surface area contributed by atoms with Crippen LogP contribution in [0.4, 0.5) is 0 Å². The van der Waals surface area contributed by atoms with Gasteiger partial charge in [0.15, 0.2) is 5.41 Å². The number of nitrogens with zero attached hydrogens (tertiary/aromatic N) is 3. The molecule has 3 fully saturated rings. The average molecular weight is 417 g/mol. The minimum Gasteiger partial charge on any atom is -0.447 e. The smallest absolute Gasteiger partial charge is 0.217 e. The molecule has 1 N–H and O–H groups in total. The first kappa shape index (κ1) is 21.4. The van der Waals surface area contributed by atoms with Crippen LogP contribution < -0.4 is 0 Å². The summed E-state index contributed by atoms with van der Waals surface area (Å²) in [5, 5.41) is 39.9. The van der Waals surface area contributed by atoms with Crippen molar-refractivity contribution >= 4 is 5.90 Å². The Kier molecular flexibility index (Phi) is 4.69. The molecule has 4 rings (SSSR count). The maximum absolute atomic E-state index is 10.5. The van der Waals surface area contributed by atoms with Crippen molar-refractivity contribution in [2.45, 2.75) is 65.3 Å². The summed E-state index contributed by atoms with van der Waals surface area (Å²) >= 11 is 0. The largest absolute Gasteiger partial charge is 0.447 e. The Balaban J connectivity index is 1.91. The molecule has 0 spiro atoms. The van der Waals surface area contributed by atoms with E-state index >= 15 is 0 Å². The number of ether oxygens (including phenoxy) is 2. The third kappa shape index (κ3) is 2.60. The molecule has 5 atom stereocenters. The highest BCUT2D eigenvalue weighted by molar-refractivity contribution is 5.89. The van der Waals surface area contributed by atoms with E-state index in [9.17, 15) is 15.8 Å². The van der Waals surface area contributed by atoms with Crippen LogP contribution in [0.2, 0.25) is 0 Å². The number of benzene rings is 1. The summed E-state index contributed by atoms with van der Waals surface area (Å²) in [5.74, 6) is -1.72. The Morgan fingerprint density at radius 1 is 1.10 bits per heavy atom. The number of nitrogens with one attached hydrogen (secondary N) is 1. The topological polar surface area (TPSA) is 114 Å². The van der Waals surface area contributed by atoms with E-state index in [0.29, 0.717) is 18.4 Å². The van der Waals surface area contributed by atoms with E-state index in [-0.39, 0.29) is 17.2 Å². The fraction of sp³-hybridized carbons (Fsp3) is 0.600. The first-order valence-corrected chi connectivity index (χ1v) is 10.9. The van der Waals surface area contributed by atoms with Crippen LogP contribution in [0.5, 0.6) is 0 Å². The molecule has 1 aromatic rings. The van der Waals surface area contributed by atoms with Crippen molar-refractivity contribution in [2.75, 3.05) is 0 Å². The number of aryl methyl sites for hydroxylation is 1. The Morgan fingerprint density at radius 3 is 2.26 bits per heavy atom. The molecule has 1 aromatic carbocycles. The number of hydrogen-bond donors (Lipinski definition) is 1. The predicted octanol–water partition coefficient (Wildman–Crippen LogP) is 5.03. The van der Waals surface area contributed by atoms with Crippen molar-refractivity contribution in [1.82, 2.24) is 0 Å². The van der Waals surface area contributed by atoms with E-state index in [0.717, 1.165) is 18.4 Å². The van der Waals surface area contributed by atoms with Crippen molar-refractivity contribution < 1.29 is 9.47 Å². The SMILES string of the molecule is CCc1ccc(C2OC34CCC(C(C)(C)C)CC3C(C#N)(C(=N)O4)C2(C#N)C#N)cc1. The molecule has 2 saturated heterocycles. The van der Waals surface area contributed by atoms with E-state index in [2.05, 4.69) is 45.9 Å². The van der Waals surface area contributed by atoms with Crippen molar-refractivity contribution in [2.24, 2.45) is 28.1 Å². The van der Waals surface area contributed by atoms with Crippen LogP contribution in [0, 0.1) is 67.5 Å². The van der Waals surface area contributed by atoms with E-state index in [1.807, 2.05) is 24.3 Å². The van der Waals surface area contributed by atoms with Crippen molar-refractivity contribution in [3.8, 4) is 18.2 Å². The summed E-state index contributed by atoms with van der Waals surface area (Å²) in [6, 6.07) is 14.2. The lowest BCUT2D eigenvalue weighted by atomic mass is 9.49. The van der Waals surface area contributed by atoms with Crippen LogP contribution in [0.25, 0.3) is 0 Å². The summed E-state index contributed by atoms with van der Waals surface area (Å²) in [6.45, 7) is 8.53. The second-order valence-corrected chi connectivity index (χ2v) is 10.2. The summed E-state index contributed by atoms with van der Waals surface area (Å²) in [4.78, 5) is 0. The predicted molar refractivity (Wildman–Crippen MR) is 113 cm³/mol. The highest BCUT2D eigenvalue weighted by atomic mass is 16.7. The first-order chi connectivity index (χ1) is 14.6. The van der Waals surface area contributed by atoms with Crippen LogP contribution >= 0.6 is 0 Å². The van der Waals surface area contributed by atoms with Gasteiger partial charge in [-0.1, -0.05) is 52.0 Å². The van der Waals surface area contributed by atoms with Gasteiger partial charge >= 0.3 is 0 Å². The summed E-state index contributed by atoms with van der Waals surface area (Å²) in [5.41, 5.74) is -1.77. The first-order valence-electron chi connectivity index (χ1n) is 10.9. The normalized spacial score (nSPS) is 35.8. The molecule has 3 aliphatic rings. The van der Waals surface area contributed by atoms with Crippen LogP contribution in [0.1, 0.15) is 64.2 Å². The molecular weight excluding hydrogens is 388 g/mol. The molecule has 6 nitrogen and oxygen atoms in total. The molecular formula is C25H28N4O2. The molecule has 2 aliphatic heterocycles. The molecule has 2 bridgehead atoms. The van der Waals surface area contributed by atoms with Gasteiger partial charge in [-0.15, -0.1) is 0 Å². The fourth-order valence-corrected chi connectivity index (χ4v) is 5.85. The van der Waals surface area contributed by atoms with E-state index in [1.54, 1.807) is 0 Å². The van der Waals surface area contributed by atoms with Crippen LogP contribution in [-0.4, -0.2) is 11.7 Å². The molecule has 31 heavy (non-hydrogen) atoms. The average Bonchev–Trinajstić information content (AvgIpc) is 2.96. The monoisotopic (exact) mass is 416 g/mol. The summed E-state index contributed by atoms with van der Waals surface area (Å²) < 4.78 is 12.5. The van der Waals surface area contributed by atoms with Gasteiger partial charge in [-0.2, -0.15) is 15.8 Å². The third-order valence-corrected chi connectivity index (χ3v) is 7.83. The Bertz CT molecular complexity index is 1020. The Labute approximate surface area is 183 Å². The lowest BCUT2D eigenvalue weighted by Gasteiger charge is -2.54. The minimum atomic E-state index is -1.88. The maximum Gasteiger partial charge on any atom is 0.217 e. The molecule has 160 valence electrons. The van der Waals surface area contributed by atoms with Gasteiger partial charge in [0, 0.05) is 6.42 Å². The second kappa shape index (κ2) is 6.81. The number of nitriles is 3. The standard InChI is InChI=1S/C25H28N4O2/c1-5-16-6-8-17(9-7-16)20-23(13-26,14-27)24(15-28)19-12-18(22(2,3)4)10-11-25(19,30-20)31-21(24)29/h6-9,18-20,29H,5,10-12H2,1-4H3. The Hall–Kier alpha value is -2.88. The summed E-state index contributed by atoms with van der Waals surface area (Å²) in [6.07, 6.45) is 1.83. The molecule has 1 aliphatic carbocycles. The number of rotatable bonds is 2. The minimum absolute atomic E-state index is 0.00529. The van der Waals surface area contributed by atoms with Gasteiger partial charge in [0.05, 0.1) is 24.1 Å².